The zero-order chi connectivity index (χ0) is 19.7. The zero-order valence-electron chi connectivity index (χ0n) is 13.7. The van der Waals surface area contributed by atoms with E-state index in [9.17, 15) is 27.5 Å². The summed E-state index contributed by atoms with van der Waals surface area (Å²) in [4.78, 5) is 12.2. The minimum absolute atomic E-state index is 0.211. The molecule has 1 heterocycles. The van der Waals surface area contributed by atoms with E-state index in [1.54, 1.807) is 0 Å². The smallest absolute Gasteiger partial charge is 0.378 e. The molecule has 10 heteroatoms. The van der Waals surface area contributed by atoms with Crippen molar-refractivity contribution in [2.75, 3.05) is 5.32 Å². The number of hydrogen-bond donors (Lipinski definition) is 2. The number of aryl methyl sites for hydroxylation is 1. The lowest BCUT2D eigenvalue weighted by atomic mass is 10.0. The monoisotopic (exact) mass is 370 g/mol. The second-order valence-corrected chi connectivity index (χ2v) is 5.90. The summed E-state index contributed by atoms with van der Waals surface area (Å²) < 4.78 is 53.1. The van der Waals surface area contributed by atoms with Crippen LogP contribution in [0.25, 0.3) is 0 Å². The molecule has 0 radical (unpaired) electrons. The van der Waals surface area contributed by atoms with Crippen molar-refractivity contribution < 1.29 is 27.5 Å². The molecule has 1 aromatic carbocycles. The fourth-order valence-corrected chi connectivity index (χ4v) is 2.19. The first kappa shape index (κ1) is 19.4. The molecule has 138 valence electrons. The molecule has 1 atom stereocenters. The summed E-state index contributed by atoms with van der Waals surface area (Å²) in [5.74, 6) is -1.77. The maximum atomic E-state index is 13.2. The van der Waals surface area contributed by atoms with E-state index in [1.165, 1.54) is 19.2 Å². The lowest BCUT2D eigenvalue weighted by molar-refractivity contribution is -0.138. The molecule has 6 nitrogen and oxygen atoms in total. The summed E-state index contributed by atoms with van der Waals surface area (Å²) in [6, 6.07) is 4.05. The van der Waals surface area contributed by atoms with E-state index in [0.29, 0.717) is 6.07 Å². The third-order valence-electron chi connectivity index (χ3n) is 3.55. The number of rotatable bonds is 4. The highest BCUT2D eigenvalue weighted by atomic mass is 19.4. The van der Waals surface area contributed by atoms with Crippen LogP contribution >= 0.6 is 0 Å². The summed E-state index contributed by atoms with van der Waals surface area (Å²) in [7, 11) is 0. The van der Waals surface area contributed by atoms with Gasteiger partial charge in [-0.25, -0.2) is 0 Å². The average molecular weight is 370 g/mol. The van der Waals surface area contributed by atoms with Crippen LogP contribution < -0.4 is 5.32 Å². The van der Waals surface area contributed by atoms with Gasteiger partial charge in [0.25, 0.3) is 5.91 Å². The van der Waals surface area contributed by atoms with Crippen molar-refractivity contribution in [3.8, 4) is 6.07 Å². The Labute approximate surface area is 145 Å². The fraction of sp³-hybridized carbons (Fsp3) is 0.312. The van der Waals surface area contributed by atoms with Gasteiger partial charge in [0.05, 0.1) is 23.7 Å². The van der Waals surface area contributed by atoms with Gasteiger partial charge in [-0.3, -0.25) is 9.48 Å². The van der Waals surface area contributed by atoms with Gasteiger partial charge in [-0.1, -0.05) is 0 Å². The quantitative estimate of drug-likeness (QED) is 0.810. The van der Waals surface area contributed by atoms with Crippen molar-refractivity contribution >= 4 is 11.6 Å². The van der Waals surface area contributed by atoms with Crippen LogP contribution in [0.4, 0.5) is 23.2 Å². The molecular weight excluding hydrogens is 356 g/mol. The van der Waals surface area contributed by atoms with E-state index in [-0.39, 0.29) is 11.3 Å². The molecule has 0 saturated heterocycles. The zero-order valence-corrected chi connectivity index (χ0v) is 13.7. The molecule has 1 aromatic heterocycles. The molecule has 2 rings (SSSR count). The number of aliphatic hydroxyl groups is 1. The molecule has 0 aliphatic carbocycles. The number of alkyl halides is 3. The van der Waals surface area contributed by atoms with Crippen LogP contribution in [0.5, 0.6) is 0 Å². The van der Waals surface area contributed by atoms with Gasteiger partial charge in [0.2, 0.25) is 5.95 Å². The molecule has 1 amide bonds. The second kappa shape index (κ2) is 6.76. The normalized spacial score (nSPS) is 13.8. The highest BCUT2D eigenvalue weighted by molar-refractivity contribution is 5.96. The first-order chi connectivity index (χ1) is 11.9. The molecule has 0 aliphatic rings. The van der Waals surface area contributed by atoms with E-state index in [1.807, 2.05) is 0 Å². The number of halogens is 4. The number of carbonyl (C=O) groups is 1. The van der Waals surface area contributed by atoms with Crippen LogP contribution in [0, 0.1) is 24.2 Å². The minimum Gasteiger partial charge on any atom is -0.378 e. The van der Waals surface area contributed by atoms with E-state index < -0.39 is 41.3 Å². The number of benzene rings is 1. The molecular formula is C16H14F4N4O2. The van der Waals surface area contributed by atoms with Crippen molar-refractivity contribution in [2.24, 2.45) is 0 Å². The summed E-state index contributed by atoms with van der Waals surface area (Å²) in [6.45, 7) is 2.15. The molecule has 2 N–H and O–H groups in total. The molecule has 0 aliphatic heterocycles. The van der Waals surface area contributed by atoms with Crippen LogP contribution in [0.15, 0.2) is 24.4 Å². The van der Waals surface area contributed by atoms with Crippen LogP contribution in [-0.4, -0.2) is 26.4 Å². The van der Waals surface area contributed by atoms with Gasteiger partial charge >= 0.3 is 6.18 Å². The Hall–Kier alpha value is -2.93. The predicted molar refractivity (Wildman–Crippen MR) is 82.3 cm³/mol. The molecule has 0 unspecified atom stereocenters. The molecule has 2 aromatic rings. The average Bonchev–Trinajstić information content (AvgIpc) is 2.83. The van der Waals surface area contributed by atoms with Crippen LogP contribution in [0.3, 0.4) is 0 Å². The van der Waals surface area contributed by atoms with Crippen molar-refractivity contribution in [2.45, 2.75) is 32.2 Å². The topological polar surface area (TPSA) is 90.9 Å². The van der Waals surface area contributed by atoms with E-state index in [0.717, 1.165) is 23.7 Å². The van der Waals surface area contributed by atoms with Crippen LogP contribution in [0.1, 0.15) is 23.6 Å². The highest BCUT2D eigenvalue weighted by Crippen LogP contribution is 2.33. The molecule has 0 spiro atoms. The first-order valence-corrected chi connectivity index (χ1v) is 7.29. The van der Waals surface area contributed by atoms with Gasteiger partial charge in [0, 0.05) is 17.4 Å². The first-order valence-electron chi connectivity index (χ1n) is 7.29. The van der Waals surface area contributed by atoms with Crippen molar-refractivity contribution in [3.63, 3.8) is 0 Å². The number of hydrogen-bond acceptors (Lipinski definition) is 4. The van der Waals surface area contributed by atoms with Gasteiger partial charge in [-0.2, -0.15) is 22.8 Å². The van der Waals surface area contributed by atoms with Crippen LogP contribution in [0.2, 0.25) is 0 Å². The number of aromatic nitrogens is 2. The Morgan fingerprint density at radius 1 is 1.42 bits per heavy atom. The third kappa shape index (κ3) is 4.18. The summed E-state index contributed by atoms with van der Waals surface area (Å²) in [5.41, 5.74) is -3.91. The van der Waals surface area contributed by atoms with E-state index >= 15 is 0 Å². The predicted octanol–water partition coefficient (Wildman–Crippen LogP) is 2.61. The van der Waals surface area contributed by atoms with Crippen molar-refractivity contribution in [3.05, 3.63) is 47.0 Å². The molecule has 0 bridgehead atoms. The largest absolute Gasteiger partial charge is 0.417 e. The van der Waals surface area contributed by atoms with Crippen molar-refractivity contribution in [1.29, 1.82) is 5.26 Å². The van der Waals surface area contributed by atoms with Gasteiger partial charge in [0.1, 0.15) is 0 Å². The third-order valence-corrected chi connectivity index (χ3v) is 3.55. The summed E-state index contributed by atoms with van der Waals surface area (Å²) in [6.07, 6.45) is -3.50. The second-order valence-electron chi connectivity index (χ2n) is 5.90. The van der Waals surface area contributed by atoms with E-state index in [2.05, 4.69) is 10.4 Å². The number of nitrogens with zero attached hydrogens (tertiary/aromatic N) is 3. The number of carbonyl (C=O) groups excluding carboxylic acids is 1. The Bertz CT molecular complexity index is 862. The van der Waals surface area contributed by atoms with Gasteiger partial charge < -0.3 is 10.4 Å². The fourth-order valence-electron chi connectivity index (χ4n) is 2.19. The minimum atomic E-state index is -4.78. The number of amides is 1. The summed E-state index contributed by atoms with van der Waals surface area (Å²) >= 11 is 0. The van der Waals surface area contributed by atoms with E-state index in [4.69, 9.17) is 5.26 Å². The lowest BCUT2D eigenvalue weighted by Gasteiger charge is -2.22. The Balaban J connectivity index is 2.22. The highest BCUT2D eigenvalue weighted by Gasteiger charge is 2.35. The maximum Gasteiger partial charge on any atom is 0.417 e. The standard InChI is InChI=1S/C16H14F4N4O2/c1-9-7-24(23-13(9)17)8-15(2,26)14(25)22-11-4-3-10(6-21)12(5-11)16(18,19)20/h3-5,7,26H,8H2,1-2H3,(H,22,25)/t15-/m0/s1. The Morgan fingerprint density at radius 2 is 2.08 bits per heavy atom. The Morgan fingerprint density at radius 3 is 2.58 bits per heavy atom. The van der Waals surface area contributed by atoms with Gasteiger partial charge in [0.15, 0.2) is 5.60 Å². The number of nitriles is 1. The SMILES string of the molecule is Cc1cn(C[C@](C)(O)C(=O)Nc2ccc(C#N)c(C(F)(F)F)c2)nc1F. The molecule has 26 heavy (non-hydrogen) atoms. The molecule has 0 fully saturated rings. The maximum absolute atomic E-state index is 13.2. The number of nitrogens with one attached hydrogen (secondary N) is 1. The van der Waals surface area contributed by atoms with Gasteiger partial charge in [-0.05, 0) is 32.0 Å². The lowest BCUT2D eigenvalue weighted by Crippen LogP contribution is -2.43. The van der Waals surface area contributed by atoms with Crippen LogP contribution in [-0.2, 0) is 17.5 Å². The summed E-state index contributed by atoms with van der Waals surface area (Å²) in [5, 5.41) is 24.6. The molecule has 0 saturated carbocycles. The number of anilines is 1. The Kier molecular flexibility index (Phi) is 5.04. The van der Waals surface area contributed by atoms with Crippen molar-refractivity contribution in [1.82, 2.24) is 9.78 Å². The van der Waals surface area contributed by atoms with Gasteiger partial charge in [-0.15, -0.1) is 5.10 Å².